The van der Waals surface area contributed by atoms with Gasteiger partial charge in [-0.1, -0.05) is 13.8 Å². The normalized spacial score (nSPS) is 12.7. The summed E-state index contributed by atoms with van der Waals surface area (Å²) in [4.78, 5) is 38.8. The van der Waals surface area contributed by atoms with Crippen LogP contribution >= 0.6 is 0 Å². The Hall–Kier alpha value is -3.75. The number of carbonyl (C=O) groups is 3. The molecule has 48 heavy (non-hydrogen) atoms. The minimum atomic E-state index is -0.920. The third-order valence-corrected chi connectivity index (χ3v) is 8.01. The van der Waals surface area contributed by atoms with Gasteiger partial charge in [0.05, 0.1) is 24.4 Å². The molecule has 1 aromatic heterocycles. The molecule has 0 aliphatic heterocycles. The molecule has 0 saturated heterocycles. The molecule has 0 fully saturated rings. The van der Waals surface area contributed by atoms with Crippen LogP contribution in [0.1, 0.15) is 85.9 Å². The van der Waals surface area contributed by atoms with Crippen molar-refractivity contribution in [2.45, 2.75) is 104 Å². The van der Waals surface area contributed by atoms with Crippen LogP contribution in [0.15, 0.2) is 24.3 Å². The fraction of sp³-hybridized carbons (Fsp3) is 0.676. The molecule has 2 aromatic rings. The molecule has 3 amide bonds. The molecular formula is C34H55N7O7. The van der Waals surface area contributed by atoms with Crippen molar-refractivity contribution >= 4 is 17.7 Å². The first-order chi connectivity index (χ1) is 22.6. The molecule has 2 rings (SSSR count). The van der Waals surface area contributed by atoms with E-state index in [1.807, 2.05) is 39.8 Å². The quantitative estimate of drug-likeness (QED) is 0.135. The molecule has 1 aromatic carbocycles. The summed E-state index contributed by atoms with van der Waals surface area (Å²) in [5.74, 6) is 0.596. The van der Waals surface area contributed by atoms with Crippen molar-refractivity contribution in [3.63, 3.8) is 0 Å². The van der Waals surface area contributed by atoms with E-state index in [1.165, 1.54) is 0 Å². The van der Waals surface area contributed by atoms with E-state index in [-0.39, 0.29) is 49.2 Å². The molecule has 0 aliphatic carbocycles. The maximum Gasteiger partial charge on any atom is 0.242 e. The molecule has 0 spiro atoms. The Morgan fingerprint density at radius 3 is 2.15 bits per heavy atom. The minimum absolute atomic E-state index is 0.0375. The number of aliphatic hydroxyl groups is 1. The molecule has 4 N–H and O–H groups in total. The summed E-state index contributed by atoms with van der Waals surface area (Å²) in [7, 11) is 1.67. The van der Waals surface area contributed by atoms with Gasteiger partial charge in [0.15, 0.2) is 5.82 Å². The highest BCUT2D eigenvalue weighted by Gasteiger charge is 2.31. The Bertz CT molecular complexity index is 1290. The van der Waals surface area contributed by atoms with E-state index in [2.05, 4.69) is 36.3 Å². The summed E-state index contributed by atoms with van der Waals surface area (Å²) in [6.07, 6.45) is 2.23. The monoisotopic (exact) mass is 673 g/mol. The number of aliphatic hydroxyl groups excluding tert-OH is 1. The molecule has 268 valence electrons. The van der Waals surface area contributed by atoms with Crippen LogP contribution in [0.4, 0.5) is 0 Å². The molecule has 0 radical (unpaired) electrons. The Morgan fingerprint density at radius 1 is 0.854 bits per heavy atom. The van der Waals surface area contributed by atoms with E-state index in [1.54, 1.807) is 40.0 Å². The van der Waals surface area contributed by atoms with Crippen molar-refractivity contribution in [3.05, 3.63) is 30.1 Å². The lowest BCUT2D eigenvalue weighted by atomic mass is 9.88. The van der Waals surface area contributed by atoms with Gasteiger partial charge in [-0.05, 0) is 91.0 Å². The average Bonchev–Trinajstić information content (AvgIpc) is 3.03. The zero-order chi connectivity index (χ0) is 35.8. The molecule has 14 nitrogen and oxygen atoms in total. The zero-order valence-electron chi connectivity index (χ0n) is 29.9. The van der Waals surface area contributed by atoms with Crippen molar-refractivity contribution in [3.8, 4) is 17.1 Å². The van der Waals surface area contributed by atoms with Gasteiger partial charge in [0.25, 0.3) is 0 Å². The predicted octanol–water partition coefficient (Wildman–Crippen LogP) is 2.92. The fourth-order valence-corrected chi connectivity index (χ4v) is 4.32. The number of nitrogens with zero attached hydrogens (tertiary/aromatic N) is 4. The van der Waals surface area contributed by atoms with Crippen molar-refractivity contribution in [2.24, 2.45) is 5.41 Å². The van der Waals surface area contributed by atoms with Crippen LogP contribution in [0.25, 0.3) is 11.4 Å². The van der Waals surface area contributed by atoms with E-state index in [0.717, 1.165) is 12.0 Å². The Balaban J connectivity index is 1.81. The number of aryl methyl sites for hydroxylation is 1. The molecule has 1 unspecified atom stereocenters. The minimum Gasteiger partial charge on any atom is -0.494 e. The van der Waals surface area contributed by atoms with E-state index in [9.17, 15) is 19.5 Å². The molecule has 0 aliphatic rings. The second-order valence-corrected chi connectivity index (χ2v) is 13.6. The van der Waals surface area contributed by atoms with Crippen LogP contribution in [-0.2, 0) is 23.9 Å². The number of hydrogen-bond donors (Lipinski definition) is 4. The SMILES string of the molecule is COC(C)(C)CCOC(C)(C)CCNC(=O)C(CCC(=O)NCCCOc1ccc(-c2nnc(C)nn2)cc1)NC(=O)C(C)(C)CCO. The van der Waals surface area contributed by atoms with Crippen molar-refractivity contribution in [1.82, 2.24) is 36.3 Å². The highest BCUT2D eigenvalue weighted by Crippen LogP contribution is 2.21. The highest BCUT2D eigenvalue weighted by atomic mass is 16.5. The lowest BCUT2D eigenvalue weighted by Crippen LogP contribution is -2.51. The smallest absolute Gasteiger partial charge is 0.242 e. The predicted molar refractivity (Wildman–Crippen MR) is 181 cm³/mol. The summed E-state index contributed by atoms with van der Waals surface area (Å²) < 4.78 is 17.2. The van der Waals surface area contributed by atoms with Crippen LogP contribution in [0.3, 0.4) is 0 Å². The summed E-state index contributed by atoms with van der Waals surface area (Å²) in [5, 5.41) is 33.8. The van der Waals surface area contributed by atoms with Gasteiger partial charge < -0.3 is 35.3 Å². The summed E-state index contributed by atoms with van der Waals surface area (Å²) in [5.41, 5.74) is -0.893. The number of ether oxygens (including phenoxy) is 3. The summed E-state index contributed by atoms with van der Waals surface area (Å²) in [6, 6.07) is 6.32. The average molecular weight is 674 g/mol. The summed E-state index contributed by atoms with van der Waals surface area (Å²) in [6.45, 7) is 14.5. The van der Waals surface area contributed by atoms with E-state index >= 15 is 0 Å². The van der Waals surface area contributed by atoms with Crippen LogP contribution in [0.5, 0.6) is 5.75 Å². The third kappa shape index (κ3) is 15.0. The van der Waals surface area contributed by atoms with Gasteiger partial charge in [0.1, 0.15) is 11.8 Å². The third-order valence-electron chi connectivity index (χ3n) is 8.01. The lowest BCUT2D eigenvalue weighted by Gasteiger charge is -2.29. The Kier molecular flexibility index (Phi) is 16.3. The zero-order valence-corrected chi connectivity index (χ0v) is 29.9. The second kappa shape index (κ2) is 19.3. The Morgan fingerprint density at radius 2 is 1.52 bits per heavy atom. The molecule has 14 heteroatoms. The van der Waals surface area contributed by atoms with E-state index < -0.39 is 17.1 Å². The van der Waals surface area contributed by atoms with Gasteiger partial charge in [-0.3, -0.25) is 14.4 Å². The first kappa shape index (κ1) is 40.4. The van der Waals surface area contributed by atoms with Crippen LogP contribution in [0.2, 0.25) is 0 Å². The number of nitrogens with one attached hydrogen (secondary N) is 3. The maximum absolute atomic E-state index is 13.2. The number of rotatable bonds is 22. The number of amides is 3. The van der Waals surface area contributed by atoms with Crippen molar-refractivity contribution < 1.29 is 33.7 Å². The van der Waals surface area contributed by atoms with E-state index in [0.29, 0.717) is 56.5 Å². The molecule has 1 heterocycles. The first-order valence-corrected chi connectivity index (χ1v) is 16.5. The fourth-order valence-electron chi connectivity index (χ4n) is 4.32. The largest absolute Gasteiger partial charge is 0.494 e. The molecule has 1 atom stereocenters. The van der Waals surface area contributed by atoms with E-state index in [4.69, 9.17) is 14.2 Å². The number of aromatic nitrogens is 4. The number of carbonyl (C=O) groups excluding carboxylic acids is 3. The van der Waals surface area contributed by atoms with Gasteiger partial charge in [-0.15, -0.1) is 20.4 Å². The molecule has 0 saturated carbocycles. The van der Waals surface area contributed by atoms with Crippen LogP contribution < -0.4 is 20.7 Å². The van der Waals surface area contributed by atoms with Crippen LogP contribution in [0, 0.1) is 12.3 Å². The lowest BCUT2D eigenvalue weighted by molar-refractivity contribution is -0.135. The molecular weight excluding hydrogens is 618 g/mol. The summed E-state index contributed by atoms with van der Waals surface area (Å²) >= 11 is 0. The number of methoxy groups -OCH3 is 1. The Labute approximate surface area is 284 Å². The number of hydrogen-bond acceptors (Lipinski definition) is 11. The van der Waals surface area contributed by atoms with Crippen molar-refractivity contribution in [1.29, 1.82) is 0 Å². The van der Waals surface area contributed by atoms with Gasteiger partial charge >= 0.3 is 0 Å². The van der Waals surface area contributed by atoms with Gasteiger partial charge in [-0.2, -0.15) is 0 Å². The topological polar surface area (TPSA) is 187 Å². The van der Waals surface area contributed by atoms with Crippen molar-refractivity contribution in [2.75, 3.05) is 40.0 Å². The molecule has 0 bridgehead atoms. The van der Waals surface area contributed by atoms with Gasteiger partial charge in [-0.25, -0.2) is 0 Å². The highest BCUT2D eigenvalue weighted by molar-refractivity contribution is 5.90. The maximum atomic E-state index is 13.2. The van der Waals surface area contributed by atoms with Gasteiger partial charge in [0.2, 0.25) is 23.5 Å². The standard InChI is InChI=1S/C34H55N7O7/c1-24-38-40-29(41-39-24)25-10-12-26(13-11-25)47-22-9-19-35-28(43)15-14-27(37-31(45)32(2,3)17-21-42)30(44)36-20-16-34(6,7)48-23-18-33(4,5)46-8/h10-13,27,42H,9,14-23H2,1-8H3,(H,35,43)(H,36,44)(H,37,45). The first-order valence-electron chi connectivity index (χ1n) is 16.5. The number of benzene rings is 1. The van der Waals surface area contributed by atoms with Gasteiger partial charge in [0, 0.05) is 44.2 Å². The van der Waals surface area contributed by atoms with Crippen LogP contribution in [-0.4, -0.2) is 100 Å². The second-order valence-electron chi connectivity index (χ2n) is 13.6.